The number of rotatable bonds is 8. The zero-order chi connectivity index (χ0) is 18.1. The highest BCUT2D eigenvalue weighted by Gasteiger charge is 2.16. The van der Waals surface area contributed by atoms with Gasteiger partial charge >= 0.3 is 5.97 Å². The standard InChI is InChI=1S/C20H23NO4/c1-15(2)13-18(16-7-4-3-5-8-16)21-19(22)14-25-20(23)11-10-17-9-6-12-24-17/h3-12,15,18H,13-14H2,1-2H3,(H,21,22)/b11-10+/t18-/m0/s1. The summed E-state index contributed by atoms with van der Waals surface area (Å²) in [5.74, 6) is 0.0488. The molecule has 2 rings (SSSR count). The van der Waals surface area contributed by atoms with Crippen molar-refractivity contribution in [2.75, 3.05) is 6.61 Å². The second-order valence-corrected chi connectivity index (χ2v) is 6.12. The number of hydrogen-bond donors (Lipinski definition) is 1. The maximum atomic E-state index is 12.1. The van der Waals surface area contributed by atoms with Crippen molar-refractivity contribution in [1.29, 1.82) is 0 Å². The van der Waals surface area contributed by atoms with Crippen LogP contribution in [0.2, 0.25) is 0 Å². The Kier molecular flexibility index (Phi) is 7.01. The quantitative estimate of drug-likeness (QED) is 0.587. The number of ether oxygens (including phenoxy) is 1. The van der Waals surface area contributed by atoms with Crippen molar-refractivity contribution < 1.29 is 18.7 Å². The van der Waals surface area contributed by atoms with Crippen LogP contribution in [0.1, 0.15) is 37.6 Å². The molecule has 5 heteroatoms. The first-order valence-electron chi connectivity index (χ1n) is 8.27. The second-order valence-electron chi connectivity index (χ2n) is 6.12. The van der Waals surface area contributed by atoms with Gasteiger partial charge in [-0.05, 0) is 36.1 Å². The fourth-order valence-corrected chi connectivity index (χ4v) is 2.39. The van der Waals surface area contributed by atoms with Crippen molar-refractivity contribution in [2.24, 2.45) is 5.92 Å². The van der Waals surface area contributed by atoms with Crippen molar-refractivity contribution in [3.8, 4) is 0 Å². The Balaban J connectivity index is 1.85. The lowest BCUT2D eigenvalue weighted by Crippen LogP contribution is -2.33. The number of nitrogens with one attached hydrogen (secondary N) is 1. The third-order valence-electron chi connectivity index (χ3n) is 3.52. The highest BCUT2D eigenvalue weighted by Crippen LogP contribution is 2.20. The molecule has 0 spiro atoms. The Hall–Kier alpha value is -2.82. The Morgan fingerprint density at radius 3 is 2.56 bits per heavy atom. The summed E-state index contributed by atoms with van der Waals surface area (Å²) in [4.78, 5) is 23.8. The molecule has 25 heavy (non-hydrogen) atoms. The molecule has 0 aliphatic heterocycles. The summed E-state index contributed by atoms with van der Waals surface area (Å²) in [5.41, 5.74) is 1.04. The third-order valence-corrected chi connectivity index (χ3v) is 3.52. The molecule has 0 unspecified atom stereocenters. The highest BCUT2D eigenvalue weighted by molar-refractivity contribution is 5.89. The monoisotopic (exact) mass is 341 g/mol. The summed E-state index contributed by atoms with van der Waals surface area (Å²) >= 11 is 0. The largest absolute Gasteiger partial charge is 0.465 e. The molecule has 0 saturated heterocycles. The van der Waals surface area contributed by atoms with Gasteiger partial charge in [-0.1, -0.05) is 44.2 Å². The molecule has 132 valence electrons. The van der Waals surface area contributed by atoms with Crippen molar-refractivity contribution in [2.45, 2.75) is 26.3 Å². The van der Waals surface area contributed by atoms with E-state index in [2.05, 4.69) is 19.2 Å². The van der Waals surface area contributed by atoms with Crippen LogP contribution in [0, 0.1) is 5.92 Å². The highest BCUT2D eigenvalue weighted by atomic mass is 16.5. The van der Waals surface area contributed by atoms with E-state index in [0.29, 0.717) is 11.7 Å². The topological polar surface area (TPSA) is 68.5 Å². The first kappa shape index (κ1) is 18.5. The minimum atomic E-state index is -0.591. The summed E-state index contributed by atoms with van der Waals surface area (Å²) in [6, 6.07) is 13.1. The Morgan fingerprint density at radius 2 is 1.92 bits per heavy atom. The minimum absolute atomic E-state index is 0.105. The average Bonchev–Trinajstić information content (AvgIpc) is 3.11. The summed E-state index contributed by atoms with van der Waals surface area (Å²) in [6.07, 6.45) is 5.04. The molecule has 2 aromatic rings. The summed E-state index contributed by atoms with van der Waals surface area (Å²) < 4.78 is 10.0. The van der Waals surface area contributed by atoms with Crippen molar-refractivity contribution in [3.05, 3.63) is 66.1 Å². The van der Waals surface area contributed by atoms with Gasteiger partial charge in [-0.25, -0.2) is 4.79 Å². The van der Waals surface area contributed by atoms with Crippen LogP contribution in [0.15, 0.2) is 59.2 Å². The average molecular weight is 341 g/mol. The molecule has 1 aromatic carbocycles. The van der Waals surface area contributed by atoms with Crippen LogP contribution in [0.25, 0.3) is 6.08 Å². The summed E-state index contributed by atoms with van der Waals surface area (Å²) in [7, 11) is 0. The number of benzene rings is 1. The van der Waals surface area contributed by atoms with E-state index in [0.717, 1.165) is 12.0 Å². The van der Waals surface area contributed by atoms with Gasteiger partial charge in [0.15, 0.2) is 6.61 Å². The lowest BCUT2D eigenvalue weighted by atomic mass is 9.97. The molecule has 1 N–H and O–H groups in total. The predicted octanol–water partition coefficient (Wildman–Crippen LogP) is 3.74. The molecule has 1 heterocycles. The van der Waals surface area contributed by atoms with Crippen LogP contribution in [0.5, 0.6) is 0 Å². The molecular formula is C20H23NO4. The Morgan fingerprint density at radius 1 is 1.16 bits per heavy atom. The molecular weight excluding hydrogens is 318 g/mol. The van der Waals surface area contributed by atoms with Crippen LogP contribution in [0.4, 0.5) is 0 Å². The number of carbonyl (C=O) groups is 2. The van der Waals surface area contributed by atoms with Crippen molar-refractivity contribution in [3.63, 3.8) is 0 Å². The zero-order valence-corrected chi connectivity index (χ0v) is 14.5. The van der Waals surface area contributed by atoms with E-state index in [9.17, 15) is 9.59 Å². The number of amides is 1. The fourth-order valence-electron chi connectivity index (χ4n) is 2.39. The van der Waals surface area contributed by atoms with Gasteiger partial charge in [0.25, 0.3) is 5.91 Å². The molecule has 1 atom stereocenters. The minimum Gasteiger partial charge on any atom is -0.465 e. The van der Waals surface area contributed by atoms with Crippen LogP contribution in [-0.2, 0) is 14.3 Å². The zero-order valence-electron chi connectivity index (χ0n) is 14.5. The molecule has 0 aliphatic rings. The summed E-state index contributed by atoms with van der Waals surface area (Å²) in [5, 5.41) is 2.93. The van der Waals surface area contributed by atoms with Crippen LogP contribution >= 0.6 is 0 Å². The lowest BCUT2D eigenvalue weighted by molar-refractivity contribution is -0.144. The second kappa shape index (κ2) is 9.47. The predicted molar refractivity (Wildman–Crippen MR) is 95.5 cm³/mol. The van der Waals surface area contributed by atoms with Gasteiger partial charge in [0.2, 0.25) is 0 Å². The smallest absolute Gasteiger partial charge is 0.331 e. The number of carbonyl (C=O) groups excluding carboxylic acids is 2. The first-order chi connectivity index (χ1) is 12.0. The third kappa shape index (κ3) is 6.67. The summed E-state index contributed by atoms with van der Waals surface area (Å²) in [6.45, 7) is 3.88. The van der Waals surface area contributed by atoms with E-state index >= 15 is 0 Å². The van der Waals surface area contributed by atoms with Gasteiger partial charge in [0, 0.05) is 6.08 Å². The van der Waals surface area contributed by atoms with Crippen LogP contribution < -0.4 is 5.32 Å². The SMILES string of the molecule is CC(C)C[C@H](NC(=O)COC(=O)/C=C/c1ccco1)c1ccccc1. The lowest BCUT2D eigenvalue weighted by Gasteiger charge is -2.21. The van der Waals surface area contributed by atoms with E-state index in [4.69, 9.17) is 9.15 Å². The van der Waals surface area contributed by atoms with E-state index in [-0.39, 0.29) is 18.6 Å². The van der Waals surface area contributed by atoms with Gasteiger partial charge in [-0.15, -0.1) is 0 Å². The van der Waals surface area contributed by atoms with Gasteiger partial charge in [0.05, 0.1) is 12.3 Å². The van der Waals surface area contributed by atoms with Gasteiger partial charge < -0.3 is 14.5 Å². The molecule has 0 aliphatic carbocycles. The van der Waals surface area contributed by atoms with E-state index in [1.54, 1.807) is 12.1 Å². The number of esters is 1. The molecule has 0 saturated carbocycles. The van der Waals surface area contributed by atoms with Gasteiger partial charge in [-0.2, -0.15) is 0 Å². The molecule has 0 radical (unpaired) electrons. The Labute approximate surface area is 147 Å². The molecule has 1 aromatic heterocycles. The molecule has 1 amide bonds. The van der Waals surface area contributed by atoms with Gasteiger partial charge in [-0.3, -0.25) is 4.79 Å². The molecule has 0 bridgehead atoms. The van der Waals surface area contributed by atoms with E-state index < -0.39 is 5.97 Å². The maximum absolute atomic E-state index is 12.1. The van der Waals surface area contributed by atoms with E-state index in [1.165, 1.54) is 18.4 Å². The van der Waals surface area contributed by atoms with E-state index in [1.807, 2.05) is 30.3 Å². The normalized spacial score (nSPS) is 12.3. The Bertz CT molecular complexity index is 690. The van der Waals surface area contributed by atoms with Crippen molar-refractivity contribution in [1.82, 2.24) is 5.32 Å². The fraction of sp³-hybridized carbons (Fsp3) is 0.300. The van der Waals surface area contributed by atoms with Crippen molar-refractivity contribution >= 4 is 18.0 Å². The van der Waals surface area contributed by atoms with Gasteiger partial charge in [0.1, 0.15) is 5.76 Å². The first-order valence-corrected chi connectivity index (χ1v) is 8.27. The van der Waals surface area contributed by atoms with Crippen LogP contribution in [0.3, 0.4) is 0 Å². The number of furan rings is 1. The molecule has 0 fully saturated rings. The van der Waals surface area contributed by atoms with Crippen LogP contribution in [-0.4, -0.2) is 18.5 Å². The maximum Gasteiger partial charge on any atom is 0.331 e. The molecule has 5 nitrogen and oxygen atoms in total. The number of hydrogen-bond acceptors (Lipinski definition) is 4.